The van der Waals surface area contributed by atoms with Crippen LogP contribution in [0.15, 0.2) is 89.7 Å². The first kappa shape index (κ1) is 25.3. The van der Waals surface area contributed by atoms with Crippen molar-refractivity contribution in [3.05, 3.63) is 111 Å². The van der Waals surface area contributed by atoms with Gasteiger partial charge in [-0.25, -0.2) is 10.2 Å². The summed E-state index contributed by atoms with van der Waals surface area (Å²) in [6.07, 6.45) is 2.61. The quantitative estimate of drug-likeness (QED) is 0.171. The van der Waals surface area contributed by atoms with Crippen LogP contribution in [0.1, 0.15) is 21.5 Å². The third kappa shape index (κ3) is 7.35. The van der Waals surface area contributed by atoms with Crippen molar-refractivity contribution in [1.29, 1.82) is 0 Å². The third-order valence-electron chi connectivity index (χ3n) is 4.58. The predicted octanol–water partition coefficient (Wildman–Crippen LogP) is 2.98. The molecule has 11 heteroatoms. The van der Waals surface area contributed by atoms with Gasteiger partial charge in [0.25, 0.3) is 17.5 Å². The van der Waals surface area contributed by atoms with Gasteiger partial charge in [0, 0.05) is 23.3 Å². The van der Waals surface area contributed by atoms with E-state index in [9.17, 15) is 24.5 Å². The number of nitro benzene ring substituents is 1. The Bertz CT molecular complexity index is 1320. The highest BCUT2D eigenvalue weighted by molar-refractivity contribution is 6.05. The Hall–Kier alpha value is -5.32. The highest BCUT2D eigenvalue weighted by Crippen LogP contribution is 2.16. The number of amides is 2. The van der Waals surface area contributed by atoms with Gasteiger partial charge >= 0.3 is 5.97 Å². The maximum Gasteiger partial charge on any atom is 0.341 e. The van der Waals surface area contributed by atoms with Crippen molar-refractivity contribution in [2.45, 2.75) is 0 Å². The molecule has 0 heterocycles. The number of carbonyl (C=O) groups excluding carboxylic acids is 2. The Kier molecular flexibility index (Phi) is 8.60. The number of aliphatic carboxylic acids is 1. The van der Waals surface area contributed by atoms with Gasteiger partial charge in [-0.2, -0.15) is 5.10 Å². The summed E-state index contributed by atoms with van der Waals surface area (Å²) < 4.78 is 5.19. The second-order valence-corrected chi connectivity index (χ2v) is 7.15. The Morgan fingerprint density at radius 3 is 2.31 bits per heavy atom. The molecule has 0 saturated heterocycles. The number of hydrogen-bond acceptors (Lipinski definition) is 7. The molecule has 0 aliphatic rings. The lowest BCUT2D eigenvalue weighted by molar-refractivity contribution is -0.384. The summed E-state index contributed by atoms with van der Waals surface area (Å²) >= 11 is 0. The van der Waals surface area contributed by atoms with Crippen LogP contribution in [0.25, 0.3) is 6.08 Å². The van der Waals surface area contributed by atoms with E-state index < -0.39 is 29.3 Å². The lowest BCUT2D eigenvalue weighted by Crippen LogP contribution is -2.32. The van der Waals surface area contributed by atoms with Crippen LogP contribution in [0, 0.1) is 10.1 Å². The number of hydrogen-bond donors (Lipinski definition) is 3. The van der Waals surface area contributed by atoms with Crippen LogP contribution >= 0.6 is 0 Å². The van der Waals surface area contributed by atoms with E-state index in [1.54, 1.807) is 54.6 Å². The highest BCUT2D eigenvalue weighted by Gasteiger charge is 2.15. The Labute approximate surface area is 204 Å². The Balaban J connectivity index is 1.81. The normalized spacial score (nSPS) is 11.1. The number of non-ortho nitro benzene ring substituents is 1. The van der Waals surface area contributed by atoms with Crippen molar-refractivity contribution in [2.24, 2.45) is 5.10 Å². The topological polar surface area (TPSA) is 160 Å². The minimum atomic E-state index is -1.15. The lowest BCUT2D eigenvalue weighted by atomic mass is 10.1. The van der Waals surface area contributed by atoms with Gasteiger partial charge in [0.2, 0.25) is 0 Å². The number of rotatable bonds is 10. The summed E-state index contributed by atoms with van der Waals surface area (Å²) in [5.41, 5.74) is 3.16. The van der Waals surface area contributed by atoms with Crippen LogP contribution in [-0.4, -0.2) is 40.6 Å². The van der Waals surface area contributed by atoms with Crippen molar-refractivity contribution in [3.8, 4) is 5.75 Å². The van der Waals surface area contributed by atoms with E-state index in [4.69, 9.17) is 9.84 Å². The summed E-state index contributed by atoms with van der Waals surface area (Å²) in [4.78, 5) is 46.6. The lowest BCUT2D eigenvalue weighted by Gasteiger charge is -2.09. The zero-order chi connectivity index (χ0) is 25.9. The zero-order valence-corrected chi connectivity index (χ0v) is 18.7. The van der Waals surface area contributed by atoms with E-state index in [1.165, 1.54) is 36.6 Å². The molecular weight excluding hydrogens is 468 g/mol. The summed E-state index contributed by atoms with van der Waals surface area (Å²) in [7, 11) is 0. The van der Waals surface area contributed by atoms with Crippen LogP contribution in [0.5, 0.6) is 5.75 Å². The average Bonchev–Trinajstić information content (AvgIpc) is 2.88. The molecule has 0 unspecified atom stereocenters. The molecule has 0 radical (unpaired) electrons. The van der Waals surface area contributed by atoms with Crippen LogP contribution < -0.4 is 15.5 Å². The molecule has 0 spiro atoms. The SMILES string of the molecule is O=C(O)COc1ccccc1/C=N/NC(=O)/C(=C/c1ccc([N+](=O)[O-])cc1)NC(=O)c1ccccc1. The third-order valence-corrected chi connectivity index (χ3v) is 4.58. The van der Waals surface area contributed by atoms with E-state index >= 15 is 0 Å². The Morgan fingerprint density at radius 2 is 1.64 bits per heavy atom. The first-order valence-electron chi connectivity index (χ1n) is 10.4. The van der Waals surface area contributed by atoms with Crippen LogP contribution in [0.3, 0.4) is 0 Å². The van der Waals surface area contributed by atoms with Gasteiger partial charge < -0.3 is 15.2 Å². The fraction of sp³-hybridized carbons (Fsp3) is 0.0400. The molecule has 3 aromatic carbocycles. The van der Waals surface area contributed by atoms with E-state index in [2.05, 4.69) is 15.8 Å². The Morgan fingerprint density at radius 1 is 0.972 bits per heavy atom. The first-order chi connectivity index (χ1) is 17.3. The van der Waals surface area contributed by atoms with Crippen molar-refractivity contribution >= 4 is 35.8 Å². The smallest absolute Gasteiger partial charge is 0.341 e. The number of carboxylic acids is 1. The molecule has 0 bridgehead atoms. The van der Waals surface area contributed by atoms with E-state index in [1.807, 2.05) is 0 Å². The van der Waals surface area contributed by atoms with Gasteiger partial charge in [0.05, 0.1) is 11.1 Å². The molecule has 3 rings (SSSR count). The standard InChI is InChI=1S/C25H20N4O7/c30-23(31)16-36-22-9-5-4-8-19(22)15-26-28-25(33)21(27-24(32)18-6-2-1-3-7-18)14-17-10-12-20(13-11-17)29(34)35/h1-15H,16H2,(H,27,32)(H,28,33)(H,30,31)/b21-14-,26-15+. The number of nitro groups is 1. The number of nitrogens with one attached hydrogen (secondary N) is 2. The monoisotopic (exact) mass is 488 g/mol. The largest absolute Gasteiger partial charge is 0.481 e. The van der Waals surface area contributed by atoms with Crippen LogP contribution in [0.2, 0.25) is 0 Å². The molecule has 0 aromatic heterocycles. The van der Waals surface area contributed by atoms with Gasteiger partial charge in [-0.15, -0.1) is 0 Å². The number of carbonyl (C=O) groups is 3. The van der Waals surface area contributed by atoms with Gasteiger partial charge in [0.1, 0.15) is 11.4 Å². The number of nitrogens with zero attached hydrogens (tertiary/aromatic N) is 2. The molecular formula is C25H20N4O7. The maximum atomic E-state index is 12.9. The highest BCUT2D eigenvalue weighted by atomic mass is 16.6. The van der Waals surface area contributed by atoms with Crippen molar-refractivity contribution in [3.63, 3.8) is 0 Å². The van der Waals surface area contributed by atoms with E-state index in [0.29, 0.717) is 16.7 Å². The molecule has 0 aliphatic carbocycles. The second kappa shape index (κ2) is 12.2. The summed E-state index contributed by atoms with van der Waals surface area (Å²) in [6, 6.07) is 20.1. The van der Waals surface area contributed by atoms with Gasteiger partial charge in [-0.05, 0) is 48.0 Å². The molecule has 2 amide bonds. The molecule has 0 atom stereocenters. The summed E-state index contributed by atoms with van der Waals surface area (Å²) in [5, 5.41) is 26.1. The fourth-order valence-electron chi connectivity index (χ4n) is 2.88. The summed E-state index contributed by atoms with van der Waals surface area (Å²) in [5.74, 6) is -2.21. The second-order valence-electron chi connectivity index (χ2n) is 7.15. The molecule has 0 saturated carbocycles. The number of benzene rings is 3. The van der Waals surface area contributed by atoms with Gasteiger partial charge in [-0.3, -0.25) is 19.7 Å². The van der Waals surface area contributed by atoms with Crippen molar-refractivity contribution in [2.75, 3.05) is 6.61 Å². The zero-order valence-electron chi connectivity index (χ0n) is 18.7. The van der Waals surface area contributed by atoms with E-state index in [0.717, 1.165) is 0 Å². The number of ether oxygens (including phenoxy) is 1. The van der Waals surface area contributed by atoms with Crippen molar-refractivity contribution in [1.82, 2.24) is 10.7 Å². The molecule has 11 nitrogen and oxygen atoms in total. The molecule has 182 valence electrons. The number of carboxylic acid groups (broad SMARTS) is 1. The van der Waals surface area contributed by atoms with Crippen LogP contribution in [0.4, 0.5) is 5.69 Å². The van der Waals surface area contributed by atoms with E-state index in [-0.39, 0.29) is 17.1 Å². The number of para-hydroxylation sites is 1. The van der Waals surface area contributed by atoms with Crippen molar-refractivity contribution < 1.29 is 29.2 Å². The minimum Gasteiger partial charge on any atom is -0.481 e. The molecule has 0 aliphatic heterocycles. The molecule has 3 N–H and O–H groups in total. The average molecular weight is 488 g/mol. The molecule has 36 heavy (non-hydrogen) atoms. The first-order valence-corrected chi connectivity index (χ1v) is 10.4. The minimum absolute atomic E-state index is 0.125. The molecule has 3 aromatic rings. The molecule has 0 fully saturated rings. The predicted molar refractivity (Wildman–Crippen MR) is 130 cm³/mol. The maximum absolute atomic E-state index is 12.9. The number of hydrazone groups is 1. The van der Waals surface area contributed by atoms with Crippen LogP contribution in [-0.2, 0) is 9.59 Å². The fourth-order valence-corrected chi connectivity index (χ4v) is 2.88. The van der Waals surface area contributed by atoms with Gasteiger partial charge in [-0.1, -0.05) is 30.3 Å². The van der Waals surface area contributed by atoms with Gasteiger partial charge in [0.15, 0.2) is 6.61 Å². The summed E-state index contributed by atoms with van der Waals surface area (Å²) in [6.45, 7) is -0.551.